The van der Waals surface area contributed by atoms with E-state index in [-0.39, 0.29) is 24.2 Å². The SMILES string of the molecule is CN(C(=O)C1CCOc2ccccc21)C1CNC1.Cl. The summed E-state index contributed by atoms with van der Waals surface area (Å²) in [5.74, 6) is 1.04. The van der Waals surface area contributed by atoms with Gasteiger partial charge < -0.3 is 15.0 Å². The minimum absolute atomic E-state index is 0. The summed E-state index contributed by atoms with van der Waals surface area (Å²) in [4.78, 5) is 14.4. The second-order valence-corrected chi connectivity index (χ2v) is 4.99. The van der Waals surface area contributed by atoms with Crippen molar-refractivity contribution in [1.29, 1.82) is 0 Å². The average molecular weight is 283 g/mol. The Labute approximate surface area is 119 Å². The molecule has 1 N–H and O–H groups in total. The Morgan fingerprint density at radius 1 is 1.37 bits per heavy atom. The molecule has 1 fully saturated rings. The molecule has 1 saturated heterocycles. The summed E-state index contributed by atoms with van der Waals surface area (Å²) in [6.07, 6.45) is 0.778. The van der Waals surface area contributed by atoms with Crippen LogP contribution in [0.15, 0.2) is 24.3 Å². The zero-order valence-corrected chi connectivity index (χ0v) is 11.8. The fraction of sp³-hybridized carbons (Fsp3) is 0.500. The van der Waals surface area contributed by atoms with E-state index in [9.17, 15) is 4.79 Å². The first-order valence-electron chi connectivity index (χ1n) is 6.46. The fourth-order valence-electron chi connectivity index (χ4n) is 2.57. The van der Waals surface area contributed by atoms with Crippen LogP contribution in [0.25, 0.3) is 0 Å². The number of hydrogen-bond acceptors (Lipinski definition) is 3. The van der Waals surface area contributed by atoms with Gasteiger partial charge in [0.2, 0.25) is 5.91 Å². The molecule has 3 rings (SSSR count). The van der Waals surface area contributed by atoms with Crippen molar-refractivity contribution < 1.29 is 9.53 Å². The van der Waals surface area contributed by atoms with Gasteiger partial charge in [0.25, 0.3) is 0 Å². The molecule has 1 aromatic carbocycles. The lowest BCUT2D eigenvalue weighted by Gasteiger charge is -2.38. The second kappa shape index (κ2) is 5.80. The molecule has 19 heavy (non-hydrogen) atoms. The van der Waals surface area contributed by atoms with Crippen LogP contribution in [0.4, 0.5) is 0 Å². The van der Waals surface area contributed by atoms with Crippen molar-refractivity contribution in [2.75, 3.05) is 26.7 Å². The van der Waals surface area contributed by atoms with E-state index < -0.39 is 0 Å². The molecule has 2 heterocycles. The van der Waals surface area contributed by atoms with E-state index in [0.717, 1.165) is 30.8 Å². The number of benzene rings is 1. The van der Waals surface area contributed by atoms with Crippen LogP contribution < -0.4 is 10.1 Å². The van der Waals surface area contributed by atoms with Gasteiger partial charge in [-0.2, -0.15) is 0 Å². The standard InChI is InChI=1S/C14H18N2O2.ClH/c1-16(10-8-15-9-10)14(17)12-6-7-18-13-5-3-2-4-11(12)13;/h2-5,10,12,15H,6-9H2,1H3;1H. The second-order valence-electron chi connectivity index (χ2n) is 4.99. The maximum absolute atomic E-state index is 12.5. The number of carbonyl (C=O) groups is 1. The highest BCUT2D eigenvalue weighted by Gasteiger charge is 2.33. The number of para-hydroxylation sites is 1. The van der Waals surface area contributed by atoms with Gasteiger partial charge in [-0.1, -0.05) is 18.2 Å². The molecule has 2 aliphatic heterocycles. The topological polar surface area (TPSA) is 41.6 Å². The van der Waals surface area contributed by atoms with Gasteiger partial charge in [0.1, 0.15) is 5.75 Å². The number of likely N-dealkylation sites (N-methyl/N-ethyl adjacent to an activating group) is 1. The van der Waals surface area contributed by atoms with Crippen LogP contribution in [0.5, 0.6) is 5.75 Å². The Bertz CT molecular complexity index is 463. The number of nitrogens with one attached hydrogen (secondary N) is 1. The molecule has 1 unspecified atom stereocenters. The highest BCUT2D eigenvalue weighted by atomic mass is 35.5. The minimum atomic E-state index is -0.0412. The molecule has 0 aliphatic carbocycles. The van der Waals surface area contributed by atoms with E-state index >= 15 is 0 Å². The first-order chi connectivity index (χ1) is 8.77. The predicted molar refractivity (Wildman–Crippen MR) is 76.0 cm³/mol. The third-order valence-corrected chi connectivity index (χ3v) is 3.91. The van der Waals surface area contributed by atoms with Crippen LogP contribution in [0, 0.1) is 0 Å². The minimum Gasteiger partial charge on any atom is -0.493 e. The highest BCUT2D eigenvalue weighted by molar-refractivity contribution is 5.85. The first-order valence-corrected chi connectivity index (χ1v) is 6.46. The van der Waals surface area contributed by atoms with Crippen LogP contribution in [0.1, 0.15) is 17.9 Å². The Morgan fingerprint density at radius 2 is 2.11 bits per heavy atom. The Hall–Kier alpha value is -1.26. The average Bonchev–Trinajstić information content (AvgIpc) is 2.35. The number of ether oxygens (including phenoxy) is 1. The number of carbonyl (C=O) groups excluding carboxylic acids is 1. The summed E-state index contributed by atoms with van der Waals surface area (Å²) in [5, 5.41) is 3.20. The molecule has 0 spiro atoms. The van der Waals surface area contributed by atoms with Crippen molar-refractivity contribution in [3.8, 4) is 5.75 Å². The van der Waals surface area contributed by atoms with E-state index in [2.05, 4.69) is 5.32 Å². The molecule has 1 atom stereocenters. The number of rotatable bonds is 2. The van der Waals surface area contributed by atoms with Crippen molar-refractivity contribution >= 4 is 18.3 Å². The smallest absolute Gasteiger partial charge is 0.230 e. The maximum Gasteiger partial charge on any atom is 0.230 e. The molecule has 2 aliphatic rings. The number of nitrogens with zero attached hydrogens (tertiary/aromatic N) is 1. The van der Waals surface area contributed by atoms with E-state index in [1.165, 1.54) is 0 Å². The predicted octanol–water partition coefficient (Wildman–Crippen LogP) is 1.40. The van der Waals surface area contributed by atoms with Crippen LogP contribution in [0.2, 0.25) is 0 Å². The normalized spacial score (nSPS) is 21.4. The molecule has 0 bridgehead atoms. The molecule has 4 nitrogen and oxygen atoms in total. The summed E-state index contributed by atoms with van der Waals surface area (Å²) in [6.45, 7) is 2.45. The first kappa shape index (κ1) is 14.2. The molecule has 1 aromatic rings. The van der Waals surface area contributed by atoms with Gasteiger partial charge in [-0.05, 0) is 12.5 Å². The molecule has 0 saturated carbocycles. The number of halogens is 1. The molecule has 0 radical (unpaired) electrons. The highest BCUT2D eigenvalue weighted by Crippen LogP contribution is 2.34. The zero-order valence-electron chi connectivity index (χ0n) is 11.0. The van der Waals surface area contributed by atoms with E-state index in [1.807, 2.05) is 36.2 Å². The van der Waals surface area contributed by atoms with E-state index in [0.29, 0.717) is 12.6 Å². The molecule has 0 aromatic heterocycles. The van der Waals surface area contributed by atoms with Gasteiger partial charge in [-0.15, -0.1) is 12.4 Å². The summed E-state index contributed by atoms with van der Waals surface area (Å²) < 4.78 is 5.60. The van der Waals surface area contributed by atoms with Gasteiger partial charge in [0.05, 0.1) is 18.6 Å². The van der Waals surface area contributed by atoms with E-state index in [4.69, 9.17) is 4.74 Å². The number of hydrogen-bond donors (Lipinski definition) is 1. The third kappa shape index (κ3) is 2.55. The quantitative estimate of drug-likeness (QED) is 0.892. The van der Waals surface area contributed by atoms with Crippen molar-refractivity contribution in [3.05, 3.63) is 29.8 Å². The number of fused-ring (bicyclic) bond motifs is 1. The zero-order chi connectivity index (χ0) is 12.5. The van der Waals surface area contributed by atoms with Gasteiger partial charge >= 0.3 is 0 Å². The van der Waals surface area contributed by atoms with Crippen molar-refractivity contribution in [1.82, 2.24) is 10.2 Å². The lowest BCUT2D eigenvalue weighted by Crippen LogP contribution is -2.58. The van der Waals surface area contributed by atoms with Crippen LogP contribution in [0.3, 0.4) is 0 Å². The summed E-state index contributed by atoms with van der Waals surface area (Å²) in [5.41, 5.74) is 1.04. The number of amides is 1. The molecular weight excluding hydrogens is 264 g/mol. The molecule has 104 valence electrons. The summed E-state index contributed by atoms with van der Waals surface area (Å²) in [7, 11) is 1.91. The lowest BCUT2D eigenvalue weighted by molar-refractivity contribution is -0.135. The van der Waals surface area contributed by atoms with Gasteiger partial charge in [-0.25, -0.2) is 0 Å². The van der Waals surface area contributed by atoms with Crippen LogP contribution in [-0.4, -0.2) is 43.6 Å². The summed E-state index contributed by atoms with van der Waals surface area (Å²) >= 11 is 0. The molecule has 5 heteroatoms. The van der Waals surface area contributed by atoms with Gasteiger partial charge in [-0.3, -0.25) is 4.79 Å². The van der Waals surface area contributed by atoms with Crippen LogP contribution in [-0.2, 0) is 4.79 Å². The van der Waals surface area contributed by atoms with Crippen molar-refractivity contribution in [2.45, 2.75) is 18.4 Å². The largest absolute Gasteiger partial charge is 0.493 e. The Balaban J connectivity index is 0.00000133. The lowest BCUT2D eigenvalue weighted by atomic mass is 9.91. The molecule has 1 amide bonds. The van der Waals surface area contributed by atoms with Gasteiger partial charge in [0, 0.05) is 25.7 Å². The third-order valence-electron chi connectivity index (χ3n) is 3.91. The van der Waals surface area contributed by atoms with Crippen molar-refractivity contribution in [3.63, 3.8) is 0 Å². The van der Waals surface area contributed by atoms with Crippen LogP contribution >= 0.6 is 12.4 Å². The molecular formula is C14H19ClN2O2. The van der Waals surface area contributed by atoms with Gasteiger partial charge in [0.15, 0.2) is 0 Å². The monoisotopic (exact) mass is 282 g/mol. The Morgan fingerprint density at radius 3 is 2.79 bits per heavy atom. The van der Waals surface area contributed by atoms with E-state index in [1.54, 1.807) is 0 Å². The Kier molecular flexibility index (Phi) is 4.32. The fourth-order valence-corrected chi connectivity index (χ4v) is 2.57. The summed E-state index contributed by atoms with van der Waals surface area (Å²) in [6, 6.07) is 8.22. The maximum atomic E-state index is 12.5. The van der Waals surface area contributed by atoms with Crippen molar-refractivity contribution in [2.24, 2.45) is 0 Å².